The second-order valence-electron chi connectivity index (χ2n) is 7.37. The summed E-state index contributed by atoms with van der Waals surface area (Å²) in [5.74, 6) is 2.07. The molecule has 3 aliphatic rings. The van der Waals surface area contributed by atoms with Crippen molar-refractivity contribution in [3.8, 4) is 0 Å². The quantitative estimate of drug-likeness (QED) is 0.632. The summed E-state index contributed by atoms with van der Waals surface area (Å²) in [6.07, 6.45) is 4.93. The monoisotopic (exact) mass is 329 g/mol. The maximum absolute atomic E-state index is 12.8. The average molecular weight is 329 g/mol. The molecule has 3 fully saturated rings. The van der Waals surface area contributed by atoms with E-state index in [1.54, 1.807) is 24.3 Å². The van der Waals surface area contributed by atoms with E-state index in [0.717, 1.165) is 44.2 Å². The zero-order valence-electron chi connectivity index (χ0n) is 13.8. The molecule has 1 aromatic carbocycles. The minimum absolute atomic E-state index is 0.115. The van der Waals surface area contributed by atoms with Crippen LogP contribution in [0.15, 0.2) is 24.3 Å². The molecule has 2 saturated carbocycles. The Kier molecular flexibility index (Phi) is 3.90. The van der Waals surface area contributed by atoms with E-state index < -0.39 is 0 Å². The van der Waals surface area contributed by atoms with Gasteiger partial charge in [0.1, 0.15) is 0 Å². The Hall–Kier alpha value is -2.11. The lowest BCUT2D eigenvalue weighted by Gasteiger charge is -2.38. The van der Waals surface area contributed by atoms with Crippen LogP contribution in [0.25, 0.3) is 0 Å². The zero-order chi connectivity index (χ0) is 16.7. The molecule has 128 valence electrons. The third-order valence-electron chi connectivity index (χ3n) is 6.07. The zero-order valence-corrected chi connectivity index (χ0v) is 13.8. The second kappa shape index (κ2) is 6.07. The molecule has 24 heavy (non-hydrogen) atoms. The maximum Gasteiger partial charge on any atom is 0.269 e. The van der Waals surface area contributed by atoms with Gasteiger partial charge in [-0.2, -0.15) is 0 Å². The van der Waals surface area contributed by atoms with Gasteiger partial charge in [-0.15, -0.1) is 0 Å². The number of piperazine rings is 1. The Bertz CT molecular complexity index is 637. The molecule has 0 aromatic heterocycles. The second-order valence-corrected chi connectivity index (χ2v) is 7.37. The number of fused-ring (bicyclic) bond motifs is 2. The van der Waals surface area contributed by atoms with Gasteiger partial charge >= 0.3 is 0 Å². The van der Waals surface area contributed by atoms with Crippen LogP contribution >= 0.6 is 0 Å². The Labute approximate surface area is 141 Å². The average Bonchev–Trinajstić information content (AvgIpc) is 3.25. The van der Waals surface area contributed by atoms with Gasteiger partial charge in [0.05, 0.1) is 4.92 Å². The number of benzene rings is 1. The van der Waals surface area contributed by atoms with E-state index >= 15 is 0 Å². The van der Waals surface area contributed by atoms with E-state index in [0.29, 0.717) is 11.8 Å². The summed E-state index contributed by atoms with van der Waals surface area (Å²) in [6.45, 7) is 3.10. The Morgan fingerprint density at radius 3 is 2.29 bits per heavy atom. The summed E-state index contributed by atoms with van der Waals surface area (Å²) < 4.78 is 0. The van der Waals surface area contributed by atoms with Crippen LogP contribution in [0, 0.1) is 27.9 Å². The standard InChI is InChI=1S/C18H23N3O3/c22-18(17-12-13-1-2-14(17)11-13)20-9-7-19(8-10-20)15-3-5-16(6-4-15)21(23)24/h3-6,13-14,17H,1-2,7-12H2/t13-,14-,17+/m1/s1. The van der Waals surface area contributed by atoms with E-state index in [1.807, 2.05) is 4.90 Å². The van der Waals surface area contributed by atoms with Crippen molar-refractivity contribution in [2.75, 3.05) is 31.1 Å². The minimum Gasteiger partial charge on any atom is -0.368 e. The van der Waals surface area contributed by atoms with Crippen molar-refractivity contribution >= 4 is 17.3 Å². The van der Waals surface area contributed by atoms with Gasteiger partial charge in [-0.3, -0.25) is 14.9 Å². The predicted molar refractivity (Wildman–Crippen MR) is 90.8 cm³/mol. The molecule has 0 N–H and O–H groups in total. The third-order valence-corrected chi connectivity index (χ3v) is 6.07. The van der Waals surface area contributed by atoms with Crippen molar-refractivity contribution < 1.29 is 9.72 Å². The number of hydrogen-bond donors (Lipinski definition) is 0. The molecular weight excluding hydrogens is 306 g/mol. The fraction of sp³-hybridized carbons (Fsp3) is 0.611. The van der Waals surface area contributed by atoms with Gasteiger partial charge < -0.3 is 9.80 Å². The highest BCUT2D eigenvalue weighted by Crippen LogP contribution is 2.48. The molecule has 1 saturated heterocycles. The first-order valence-electron chi connectivity index (χ1n) is 8.90. The van der Waals surface area contributed by atoms with Crippen molar-refractivity contribution in [2.24, 2.45) is 17.8 Å². The van der Waals surface area contributed by atoms with Crippen LogP contribution in [0.4, 0.5) is 11.4 Å². The third kappa shape index (κ3) is 2.74. The Morgan fingerprint density at radius 1 is 1.04 bits per heavy atom. The number of carbonyl (C=O) groups excluding carboxylic acids is 1. The molecule has 1 aliphatic heterocycles. The van der Waals surface area contributed by atoms with Crippen molar-refractivity contribution in [2.45, 2.75) is 25.7 Å². The molecule has 1 amide bonds. The highest BCUT2D eigenvalue weighted by Gasteiger charge is 2.44. The number of amides is 1. The number of carbonyl (C=O) groups is 1. The van der Waals surface area contributed by atoms with Crippen molar-refractivity contribution in [1.29, 1.82) is 0 Å². The van der Waals surface area contributed by atoms with E-state index in [9.17, 15) is 14.9 Å². The molecule has 1 aromatic rings. The topological polar surface area (TPSA) is 66.7 Å². The molecule has 2 bridgehead atoms. The van der Waals surface area contributed by atoms with Gasteiger partial charge in [0.15, 0.2) is 0 Å². The van der Waals surface area contributed by atoms with Gasteiger partial charge in [0.25, 0.3) is 5.69 Å². The largest absolute Gasteiger partial charge is 0.368 e. The number of nitrogens with zero attached hydrogens (tertiary/aromatic N) is 3. The van der Waals surface area contributed by atoms with Crippen LogP contribution in [0.2, 0.25) is 0 Å². The van der Waals surface area contributed by atoms with Crippen LogP contribution in [-0.2, 0) is 4.79 Å². The molecule has 0 unspecified atom stereocenters. The van der Waals surface area contributed by atoms with Crippen LogP contribution in [-0.4, -0.2) is 41.9 Å². The predicted octanol–water partition coefficient (Wildman–Crippen LogP) is 2.68. The summed E-state index contributed by atoms with van der Waals surface area (Å²) >= 11 is 0. The first kappa shape index (κ1) is 15.4. The number of anilines is 1. The van der Waals surface area contributed by atoms with Crippen molar-refractivity contribution in [3.05, 3.63) is 34.4 Å². The Morgan fingerprint density at radius 2 is 1.75 bits per heavy atom. The van der Waals surface area contributed by atoms with Gasteiger partial charge in [-0.05, 0) is 43.2 Å². The molecule has 4 rings (SSSR count). The SMILES string of the molecule is O=C([C@H]1C[C@@H]2CC[C@@H]1C2)N1CCN(c2ccc([N+](=O)[O-])cc2)CC1. The Balaban J connectivity index is 1.34. The van der Waals surface area contributed by atoms with E-state index in [-0.39, 0.29) is 16.5 Å². The fourth-order valence-corrected chi connectivity index (χ4v) is 4.75. The molecular formula is C18H23N3O3. The molecule has 0 radical (unpaired) electrons. The van der Waals surface area contributed by atoms with Crippen LogP contribution in [0.5, 0.6) is 0 Å². The summed E-state index contributed by atoms with van der Waals surface area (Å²) in [4.78, 5) is 27.4. The number of nitro benzene ring substituents is 1. The number of nitro groups is 1. The normalized spacial score (nSPS) is 29.1. The van der Waals surface area contributed by atoms with E-state index in [1.165, 1.54) is 19.3 Å². The number of rotatable bonds is 3. The molecule has 1 heterocycles. The van der Waals surface area contributed by atoms with E-state index in [2.05, 4.69) is 4.90 Å². The first-order chi connectivity index (χ1) is 11.6. The maximum atomic E-state index is 12.8. The molecule has 2 aliphatic carbocycles. The number of hydrogen-bond acceptors (Lipinski definition) is 4. The van der Waals surface area contributed by atoms with Gasteiger partial charge in [-0.1, -0.05) is 6.42 Å². The van der Waals surface area contributed by atoms with Gasteiger partial charge in [-0.25, -0.2) is 0 Å². The summed E-state index contributed by atoms with van der Waals surface area (Å²) in [5, 5.41) is 10.7. The molecule has 3 atom stereocenters. The minimum atomic E-state index is -0.379. The summed E-state index contributed by atoms with van der Waals surface area (Å²) in [5.41, 5.74) is 1.11. The highest BCUT2D eigenvalue weighted by atomic mass is 16.6. The molecule has 6 heteroatoms. The van der Waals surface area contributed by atoms with E-state index in [4.69, 9.17) is 0 Å². The van der Waals surface area contributed by atoms with Crippen LogP contribution < -0.4 is 4.90 Å². The lowest BCUT2D eigenvalue weighted by molar-refractivity contribution is -0.384. The smallest absolute Gasteiger partial charge is 0.269 e. The molecule has 6 nitrogen and oxygen atoms in total. The highest BCUT2D eigenvalue weighted by molar-refractivity contribution is 5.80. The van der Waals surface area contributed by atoms with Gasteiger partial charge in [0, 0.05) is 49.9 Å². The lowest BCUT2D eigenvalue weighted by Crippen LogP contribution is -2.51. The lowest BCUT2D eigenvalue weighted by atomic mass is 9.87. The van der Waals surface area contributed by atoms with Crippen molar-refractivity contribution in [1.82, 2.24) is 4.90 Å². The van der Waals surface area contributed by atoms with Crippen LogP contribution in [0.1, 0.15) is 25.7 Å². The van der Waals surface area contributed by atoms with Crippen molar-refractivity contribution in [3.63, 3.8) is 0 Å². The van der Waals surface area contributed by atoms with Gasteiger partial charge in [0.2, 0.25) is 5.91 Å². The summed E-state index contributed by atoms with van der Waals surface area (Å²) in [6, 6.07) is 6.68. The first-order valence-corrected chi connectivity index (χ1v) is 8.90. The van der Waals surface area contributed by atoms with Crippen LogP contribution in [0.3, 0.4) is 0 Å². The summed E-state index contributed by atoms with van der Waals surface area (Å²) in [7, 11) is 0. The fourth-order valence-electron chi connectivity index (χ4n) is 4.75. The molecule has 0 spiro atoms. The number of non-ortho nitro benzene ring substituents is 1.